The molecule has 0 aliphatic heterocycles. The highest BCUT2D eigenvalue weighted by molar-refractivity contribution is 5.59. The van der Waals surface area contributed by atoms with Crippen LogP contribution in [0.4, 0.5) is 13.2 Å². The number of ether oxygens (including phenoxy) is 2. The molecule has 0 aliphatic carbocycles. The molecule has 3 aromatic rings. The summed E-state index contributed by atoms with van der Waals surface area (Å²) in [5.74, 6) is 0.502. The summed E-state index contributed by atoms with van der Waals surface area (Å²) in [5.41, 5.74) is -0.606. The van der Waals surface area contributed by atoms with E-state index >= 15 is 0 Å². The molecule has 0 unspecified atom stereocenters. The summed E-state index contributed by atoms with van der Waals surface area (Å²) in [4.78, 5) is 8.30. The molecule has 1 atom stereocenters. The molecular weight excluding hydrogens is 375 g/mol. The first-order valence-electron chi connectivity index (χ1n) is 8.67. The maximum atomic E-state index is 13.0. The second-order valence-electron chi connectivity index (χ2n) is 6.65. The Labute approximate surface area is 159 Å². The summed E-state index contributed by atoms with van der Waals surface area (Å²) in [6.07, 6.45) is -0.0683. The van der Waals surface area contributed by atoms with Crippen LogP contribution in [0.15, 0.2) is 30.7 Å². The van der Waals surface area contributed by atoms with Crippen LogP contribution in [0.3, 0.4) is 0 Å². The van der Waals surface area contributed by atoms with Crippen LogP contribution in [0.2, 0.25) is 0 Å². The highest BCUT2D eigenvalue weighted by Crippen LogP contribution is 2.33. The van der Waals surface area contributed by atoms with Crippen molar-refractivity contribution < 1.29 is 22.6 Å². The van der Waals surface area contributed by atoms with Gasteiger partial charge in [-0.3, -0.25) is 9.38 Å². The molecule has 7 nitrogen and oxygen atoms in total. The average molecular weight is 395 g/mol. The largest absolute Gasteiger partial charge is 0.462 e. The Bertz CT molecular complexity index is 954. The Balaban J connectivity index is 1.87. The topological polar surface area (TPSA) is 74.4 Å². The van der Waals surface area contributed by atoms with Crippen LogP contribution in [0.25, 0.3) is 16.9 Å². The van der Waals surface area contributed by atoms with Gasteiger partial charge in [-0.25, -0.2) is 4.98 Å². The zero-order valence-electron chi connectivity index (χ0n) is 15.9. The predicted molar refractivity (Wildman–Crippen MR) is 94.8 cm³/mol. The van der Waals surface area contributed by atoms with Crippen molar-refractivity contribution in [2.45, 2.75) is 45.6 Å². The number of aromatic nitrogens is 5. The fourth-order valence-electron chi connectivity index (χ4n) is 2.48. The van der Waals surface area contributed by atoms with Gasteiger partial charge in [-0.2, -0.15) is 13.2 Å². The van der Waals surface area contributed by atoms with Gasteiger partial charge in [0.05, 0.1) is 11.9 Å². The molecule has 3 heterocycles. The summed E-state index contributed by atoms with van der Waals surface area (Å²) >= 11 is 0. The molecule has 0 aromatic carbocycles. The van der Waals surface area contributed by atoms with Gasteiger partial charge in [-0.05, 0) is 33.8 Å². The quantitative estimate of drug-likeness (QED) is 0.628. The van der Waals surface area contributed by atoms with E-state index in [4.69, 9.17) is 9.47 Å². The molecule has 0 fully saturated rings. The van der Waals surface area contributed by atoms with Crippen molar-refractivity contribution in [2.24, 2.45) is 0 Å². The van der Waals surface area contributed by atoms with Crippen LogP contribution in [-0.4, -0.2) is 43.0 Å². The predicted octanol–water partition coefficient (Wildman–Crippen LogP) is 4.00. The Morgan fingerprint density at radius 2 is 1.86 bits per heavy atom. The van der Waals surface area contributed by atoms with Crippen molar-refractivity contribution in [3.63, 3.8) is 0 Å². The zero-order chi connectivity index (χ0) is 20.5. The summed E-state index contributed by atoms with van der Waals surface area (Å²) in [6, 6.07) is 2.98. The third-order valence-electron chi connectivity index (χ3n) is 4.17. The number of alkyl halides is 3. The van der Waals surface area contributed by atoms with E-state index in [9.17, 15) is 13.2 Å². The van der Waals surface area contributed by atoms with Crippen LogP contribution in [0, 0.1) is 0 Å². The van der Waals surface area contributed by atoms with Gasteiger partial charge in [0.15, 0.2) is 17.1 Å². The van der Waals surface area contributed by atoms with Gasteiger partial charge in [0, 0.05) is 30.6 Å². The molecule has 0 spiro atoms. The Morgan fingerprint density at radius 3 is 2.46 bits per heavy atom. The summed E-state index contributed by atoms with van der Waals surface area (Å²) in [5, 5.41) is 8.19. The maximum Gasteiger partial charge on any atom is 0.427 e. The zero-order valence-corrected chi connectivity index (χ0v) is 15.9. The minimum Gasteiger partial charge on any atom is -0.462 e. The standard InChI is InChI=1S/C18H20F3N5O2/c1-5-27-11(2)16-25-24-14-9-22-13(10-26(14)16)12-6-7-15(23-8-12)28-17(3,4)18(19,20)21/h6-11H,5H2,1-4H3/t11-/m1/s1. The van der Waals surface area contributed by atoms with Crippen LogP contribution in [0.1, 0.15) is 39.6 Å². The van der Waals surface area contributed by atoms with Crippen LogP contribution >= 0.6 is 0 Å². The van der Waals surface area contributed by atoms with Crippen molar-refractivity contribution in [3.05, 3.63) is 36.5 Å². The van der Waals surface area contributed by atoms with E-state index in [0.29, 0.717) is 29.3 Å². The highest BCUT2D eigenvalue weighted by Gasteiger charge is 2.50. The number of hydrogen-bond acceptors (Lipinski definition) is 6. The lowest BCUT2D eigenvalue weighted by molar-refractivity contribution is -0.235. The molecule has 0 bridgehead atoms. The van der Waals surface area contributed by atoms with Gasteiger partial charge >= 0.3 is 6.18 Å². The average Bonchev–Trinajstić information content (AvgIpc) is 3.04. The van der Waals surface area contributed by atoms with Gasteiger partial charge < -0.3 is 9.47 Å². The van der Waals surface area contributed by atoms with Gasteiger partial charge in [-0.15, -0.1) is 10.2 Å². The van der Waals surface area contributed by atoms with E-state index in [-0.39, 0.29) is 12.0 Å². The minimum absolute atomic E-state index is 0.123. The Morgan fingerprint density at radius 1 is 1.11 bits per heavy atom. The monoisotopic (exact) mass is 395 g/mol. The molecule has 150 valence electrons. The third-order valence-corrected chi connectivity index (χ3v) is 4.17. The second kappa shape index (κ2) is 7.34. The number of halogens is 3. The lowest BCUT2D eigenvalue weighted by Crippen LogP contribution is -2.44. The number of rotatable bonds is 6. The normalized spacial score (nSPS) is 13.7. The van der Waals surface area contributed by atoms with E-state index in [1.54, 1.807) is 22.9 Å². The summed E-state index contributed by atoms with van der Waals surface area (Å²) in [6.45, 7) is 6.20. The molecular formula is C18H20F3N5O2. The van der Waals surface area contributed by atoms with E-state index in [0.717, 1.165) is 13.8 Å². The van der Waals surface area contributed by atoms with E-state index in [1.807, 2.05) is 13.8 Å². The lowest BCUT2D eigenvalue weighted by atomic mass is 10.1. The minimum atomic E-state index is -4.51. The molecule has 3 rings (SSSR count). The number of fused-ring (bicyclic) bond motifs is 1. The van der Waals surface area contributed by atoms with Crippen molar-refractivity contribution in [2.75, 3.05) is 6.61 Å². The first kappa shape index (κ1) is 20.0. The van der Waals surface area contributed by atoms with Gasteiger partial charge in [0.1, 0.15) is 6.10 Å². The van der Waals surface area contributed by atoms with Gasteiger partial charge in [0.25, 0.3) is 0 Å². The van der Waals surface area contributed by atoms with Crippen molar-refractivity contribution >= 4 is 5.65 Å². The molecule has 0 saturated carbocycles. The second-order valence-corrected chi connectivity index (χ2v) is 6.65. The van der Waals surface area contributed by atoms with Gasteiger partial charge in [0.2, 0.25) is 5.88 Å². The van der Waals surface area contributed by atoms with Crippen LogP contribution < -0.4 is 4.74 Å². The van der Waals surface area contributed by atoms with Crippen LogP contribution in [-0.2, 0) is 4.74 Å². The van der Waals surface area contributed by atoms with Crippen molar-refractivity contribution in [3.8, 4) is 17.1 Å². The molecule has 0 saturated heterocycles. The highest BCUT2D eigenvalue weighted by atomic mass is 19.4. The SMILES string of the molecule is CCO[C@H](C)c1nnc2cnc(-c3ccc(OC(C)(C)C(F)(F)F)nc3)cn12. The Kier molecular flexibility index (Phi) is 5.24. The first-order valence-corrected chi connectivity index (χ1v) is 8.67. The molecule has 0 amide bonds. The molecule has 0 N–H and O–H groups in total. The third kappa shape index (κ3) is 3.91. The number of pyridine rings is 1. The molecule has 0 radical (unpaired) electrons. The maximum absolute atomic E-state index is 13.0. The van der Waals surface area contributed by atoms with Crippen molar-refractivity contribution in [1.29, 1.82) is 0 Å². The molecule has 28 heavy (non-hydrogen) atoms. The lowest BCUT2D eigenvalue weighted by Gasteiger charge is -2.28. The summed E-state index contributed by atoms with van der Waals surface area (Å²) < 4.78 is 51.2. The number of nitrogens with zero attached hydrogens (tertiary/aromatic N) is 5. The smallest absolute Gasteiger partial charge is 0.427 e. The van der Waals surface area contributed by atoms with E-state index in [1.165, 1.54) is 12.3 Å². The fourth-order valence-corrected chi connectivity index (χ4v) is 2.48. The first-order chi connectivity index (χ1) is 13.1. The number of hydrogen-bond donors (Lipinski definition) is 0. The summed E-state index contributed by atoms with van der Waals surface area (Å²) in [7, 11) is 0. The molecule has 10 heteroatoms. The van der Waals surface area contributed by atoms with E-state index < -0.39 is 11.8 Å². The van der Waals surface area contributed by atoms with Gasteiger partial charge in [-0.1, -0.05) is 0 Å². The molecule has 3 aromatic heterocycles. The van der Waals surface area contributed by atoms with Crippen molar-refractivity contribution in [1.82, 2.24) is 24.6 Å². The fraction of sp³-hybridized carbons (Fsp3) is 0.444. The molecule has 0 aliphatic rings. The Hall–Kier alpha value is -2.75. The van der Waals surface area contributed by atoms with E-state index in [2.05, 4.69) is 20.2 Å². The van der Waals surface area contributed by atoms with Crippen LogP contribution in [0.5, 0.6) is 5.88 Å².